The summed E-state index contributed by atoms with van der Waals surface area (Å²) >= 11 is 0. The van der Waals surface area contributed by atoms with Crippen LogP contribution in [0.3, 0.4) is 0 Å². The molecule has 0 rings (SSSR count). The molecule has 0 saturated carbocycles. The Morgan fingerprint density at radius 3 is 1.32 bits per heavy atom. The molecule has 0 radical (unpaired) electrons. The lowest BCUT2D eigenvalue weighted by molar-refractivity contribution is -0.472. The van der Waals surface area contributed by atoms with Gasteiger partial charge in [-0.1, -0.05) is 0 Å². The molecule has 1 atom stereocenters. The Labute approximate surface area is 111 Å². The molecular weight excluding hydrogens is 357 g/mol. The van der Waals surface area contributed by atoms with Crippen molar-refractivity contribution in [1.82, 2.24) is 0 Å². The van der Waals surface area contributed by atoms with E-state index in [9.17, 15) is 57.9 Å². The summed E-state index contributed by atoms with van der Waals surface area (Å²) in [4.78, 5) is 20.3. The minimum Gasteiger partial charge on any atom is -0.475 e. The van der Waals surface area contributed by atoms with Gasteiger partial charge in [-0.2, -0.15) is 48.3 Å². The van der Waals surface area contributed by atoms with Crippen molar-refractivity contribution in [2.75, 3.05) is 0 Å². The number of carbonyl (C=O) groups is 2. The van der Waals surface area contributed by atoms with E-state index in [1.165, 1.54) is 0 Å². The van der Waals surface area contributed by atoms with E-state index < -0.39 is 42.0 Å². The third-order valence-corrected chi connectivity index (χ3v) is 1.84. The van der Waals surface area contributed by atoms with Gasteiger partial charge >= 0.3 is 42.0 Å². The summed E-state index contributed by atoms with van der Waals surface area (Å²) in [6, 6.07) is 0. The van der Waals surface area contributed by atoms with Gasteiger partial charge in [0.2, 0.25) is 0 Å². The summed E-state index contributed by atoms with van der Waals surface area (Å²) in [5, 5.41) is 7.82. The van der Waals surface area contributed by atoms with Gasteiger partial charge < -0.3 is 5.11 Å². The highest BCUT2D eigenvalue weighted by molar-refractivity contribution is 6.35. The van der Waals surface area contributed by atoms with Crippen LogP contribution in [0.4, 0.5) is 48.3 Å². The minimum atomic E-state index is -7.36. The normalized spacial score (nSPS) is 17.0. The Balaban J connectivity index is 5.99. The van der Waals surface area contributed by atoms with Gasteiger partial charge in [0.05, 0.1) is 0 Å². The van der Waals surface area contributed by atoms with Crippen LogP contribution in [-0.4, -0.2) is 47.1 Å². The van der Waals surface area contributed by atoms with Crippen LogP contribution in [0, 0.1) is 0 Å². The van der Waals surface area contributed by atoms with Gasteiger partial charge in [0.25, 0.3) is 0 Å². The molecule has 0 amide bonds. The van der Waals surface area contributed by atoms with Crippen molar-refractivity contribution in [3.63, 3.8) is 0 Å². The summed E-state index contributed by atoms with van der Waals surface area (Å²) in [6.45, 7) is 0. The molecule has 0 aromatic rings. The lowest BCUT2D eigenvalue weighted by atomic mass is 10.1. The van der Waals surface area contributed by atoms with E-state index in [0.717, 1.165) is 0 Å². The number of hydrogen-bond donors (Lipinski definition) is 1. The van der Waals surface area contributed by atoms with E-state index in [4.69, 9.17) is 5.11 Å². The molecule has 0 bridgehead atoms. The standard InChI is InChI=1S/C7HF11O4/c8-3(5(11,12)13,1(19)2(20)21)22-7(17,18)4(9,10)6(14,15)16/h(H,20,21). The van der Waals surface area contributed by atoms with Crippen molar-refractivity contribution in [2.45, 2.75) is 30.2 Å². The second kappa shape index (κ2) is 5.20. The maximum atomic E-state index is 13.1. The topological polar surface area (TPSA) is 63.6 Å². The van der Waals surface area contributed by atoms with Gasteiger partial charge in [-0.05, 0) is 0 Å². The fourth-order valence-corrected chi connectivity index (χ4v) is 0.776. The molecule has 0 heterocycles. The van der Waals surface area contributed by atoms with Crippen LogP contribution >= 0.6 is 0 Å². The number of hydrogen-bond acceptors (Lipinski definition) is 3. The number of aliphatic carboxylic acids is 1. The highest BCUT2D eigenvalue weighted by Gasteiger charge is 2.80. The third-order valence-electron chi connectivity index (χ3n) is 1.84. The SMILES string of the molecule is O=C(O)C(=O)C(F)(OC(F)(F)C(F)(F)C(F)(F)F)C(F)(F)F. The summed E-state index contributed by atoms with van der Waals surface area (Å²) in [7, 11) is 0. The zero-order chi connectivity index (χ0) is 18.4. The highest BCUT2D eigenvalue weighted by Crippen LogP contribution is 2.51. The number of ketones is 1. The molecule has 0 aromatic heterocycles. The van der Waals surface area contributed by atoms with E-state index in [1.54, 1.807) is 4.74 Å². The average molecular weight is 358 g/mol. The predicted molar refractivity (Wildman–Crippen MR) is 39.6 cm³/mol. The minimum absolute atomic E-state index is 1.68. The maximum Gasteiger partial charge on any atom is 0.462 e. The average Bonchev–Trinajstić information content (AvgIpc) is 2.23. The molecule has 0 aliphatic rings. The summed E-state index contributed by atoms with van der Waals surface area (Å²) < 4.78 is 136. The molecule has 0 aliphatic heterocycles. The molecule has 15 heteroatoms. The molecule has 0 fully saturated rings. The van der Waals surface area contributed by atoms with Gasteiger partial charge in [0.1, 0.15) is 0 Å². The Kier molecular flexibility index (Phi) is 4.81. The largest absolute Gasteiger partial charge is 0.475 e. The second-order valence-electron chi connectivity index (χ2n) is 3.42. The molecule has 1 N–H and O–H groups in total. The van der Waals surface area contributed by atoms with Crippen LogP contribution < -0.4 is 0 Å². The fourth-order valence-electron chi connectivity index (χ4n) is 0.776. The van der Waals surface area contributed by atoms with E-state index in [-0.39, 0.29) is 0 Å². The van der Waals surface area contributed by atoms with Crippen LogP contribution in [0.5, 0.6) is 0 Å². The number of carboxylic acid groups (broad SMARTS) is 1. The first-order valence-corrected chi connectivity index (χ1v) is 4.37. The molecule has 0 spiro atoms. The molecule has 130 valence electrons. The molecule has 22 heavy (non-hydrogen) atoms. The summed E-state index contributed by atoms with van der Waals surface area (Å²) in [5.41, 5.74) is 0. The van der Waals surface area contributed by atoms with E-state index >= 15 is 0 Å². The van der Waals surface area contributed by atoms with Gasteiger partial charge in [-0.15, -0.1) is 0 Å². The highest BCUT2D eigenvalue weighted by atomic mass is 19.4. The molecule has 0 saturated heterocycles. The van der Waals surface area contributed by atoms with Crippen LogP contribution in [-0.2, 0) is 14.3 Å². The smallest absolute Gasteiger partial charge is 0.462 e. The Bertz CT molecular complexity index is 464. The summed E-state index contributed by atoms with van der Waals surface area (Å²) in [6.07, 6.45) is -21.4. The van der Waals surface area contributed by atoms with Crippen molar-refractivity contribution in [1.29, 1.82) is 0 Å². The molecule has 0 aromatic carbocycles. The zero-order valence-electron chi connectivity index (χ0n) is 9.33. The first kappa shape index (κ1) is 20.3. The maximum absolute atomic E-state index is 13.1. The van der Waals surface area contributed by atoms with Gasteiger partial charge in [-0.25, -0.2) is 4.79 Å². The van der Waals surface area contributed by atoms with Gasteiger partial charge in [0.15, 0.2) is 0 Å². The lowest BCUT2D eigenvalue weighted by Crippen LogP contribution is -2.62. The first-order chi connectivity index (χ1) is 9.31. The fraction of sp³-hybridized carbons (Fsp3) is 0.714. The van der Waals surface area contributed by atoms with Crippen LogP contribution in [0.25, 0.3) is 0 Å². The van der Waals surface area contributed by atoms with Gasteiger partial charge in [-0.3, -0.25) is 9.53 Å². The van der Waals surface area contributed by atoms with Crippen LogP contribution in [0.1, 0.15) is 0 Å². The second-order valence-corrected chi connectivity index (χ2v) is 3.42. The number of alkyl halides is 11. The number of ether oxygens (including phenoxy) is 1. The number of carbonyl (C=O) groups excluding carboxylic acids is 1. The van der Waals surface area contributed by atoms with Gasteiger partial charge in [0, 0.05) is 0 Å². The Morgan fingerprint density at radius 1 is 0.727 bits per heavy atom. The van der Waals surface area contributed by atoms with Crippen molar-refractivity contribution < 1.29 is 67.7 Å². The third kappa shape index (κ3) is 3.22. The predicted octanol–water partition coefficient (Wildman–Crippen LogP) is 2.68. The number of rotatable bonds is 5. The molecule has 0 aliphatic carbocycles. The monoisotopic (exact) mass is 358 g/mol. The van der Waals surface area contributed by atoms with Crippen LogP contribution in [0.2, 0.25) is 0 Å². The lowest BCUT2D eigenvalue weighted by Gasteiger charge is -2.33. The van der Waals surface area contributed by atoms with E-state index in [1.807, 2.05) is 0 Å². The number of halogens is 11. The molecular formula is C7HF11O4. The molecule has 4 nitrogen and oxygen atoms in total. The van der Waals surface area contributed by atoms with E-state index in [0.29, 0.717) is 0 Å². The van der Waals surface area contributed by atoms with Crippen molar-refractivity contribution in [2.24, 2.45) is 0 Å². The Hall–Kier alpha value is -1.67. The quantitative estimate of drug-likeness (QED) is 0.606. The van der Waals surface area contributed by atoms with Crippen molar-refractivity contribution in [3.8, 4) is 0 Å². The van der Waals surface area contributed by atoms with Crippen LogP contribution in [0.15, 0.2) is 0 Å². The number of Topliss-reactive ketones (excluding diaryl/α,β-unsaturated/α-hetero) is 1. The van der Waals surface area contributed by atoms with E-state index in [2.05, 4.69) is 0 Å². The first-order valence-electron chi connectivity index (χ1n) is 4.37. The number of carboxylic acids is 1. The van der Waals surface area contributed by atoms with Crippen molar-refractivity contribution >= 4 is 11.8 Å². The zero-order valence-corrected chi connectivity index (χ0v) is 9.33. The van der Waals surface area contributed by atoms with Crippen molar-refractivity contribution in [3.05, 3.63) is 0 Å². The Morgan fingerprint density at radius 2 is 1.09 bits per heavy atom. The summed E-state index contributed by atoms with van der Waals surface area (Å²) in [5.74, 6) is -21.3. The molecule has 1 unspecified atom stereocenters.